The van der Waals surface area contributed by atoms with Crippen LogP contribution in [-0.4, -0.2) is 41.5 Å². The van der Waals surface area contributed by atoms with E-state index in [1.54, 1.807) is 7.05 Å². The van der Waals surface area contributed by atoms with Crippen molar-refractivity contribution in [2.24, 2.45) is 4.99 Å². The van der Waals surface area contributed by atoms with Crippen LogP contribution in [0.1, 0.15) is 36.7 Å². The van der Waals surface area contributed by atoms with Gasteiger partial charge in [0.1, 0.15) is 0 Å². The molecule has 2 N–H and O–H groups in total. The van der Waals surface area contributed by atoms with E-state index >= 15 is 0 Å². The summed E-state index contributed by atoms with van der Waals surface area (Å²) in [5, 5.41) is 11.4. The largest absolute Gasteiger partial charge is 0.373 e. The van der Waals surface area contributed by atoms with Crippen molar-refractivity contribution >= 4 is 29.9 Å². The maximum atomic E-state index is 5.83. The van der Waals surface area contributed by atoms with Crippen molar-refractivity contribution in [1.82, 2.24) is 20.4 Å². The van der Waals surface area contributed by atoms with Crippen LogP contribution >= 0.6 is 24.0 Å². The second kappa shape index (κ2) is 9.54. The Morgan fingerprint density at radius 1 is 1.30 bits per heavy atom. The summed E-state index contributed by atoms with van der Waals surface area (Å²) in [6.45, 7) is 8.52. The van der Waals surface area contributed by atoms with Gasteiger partial charge in [-0.15, -0.1) is 24.0 Å². The maximum Gasteiger partial charge on any atom is 0.191 e. The van der Waals surface area contributed by atoms with Gasteiger partial charge in [0.25, 0.3) is 0 Å². The Morgan fingerprint density at radius 2 is 2.07 bits per heavy atom. The van der Waals surface area contributed by atoms with Crippen LogP contribution in [0.15, 0.2) is 35.3 Å². The SMILES string of the molecule is CN=C(NCc1ccccc1-n1nc(C)cc1C)NCC1(C)CCCO1.I. The number of aliphatic imine (C=N–C) groups is 1. The van der Waals surface area contributed by atoms with E-state index in [-0.39, 0.29) is 29.6 Å². The monoisotopic (exact) mass is 483 g/mol. The van der Waals surface area contributed by atoms with E-state index in [2.05, 4.69) is 58.8 Å². The summed E-state index contributed by atoms with van der Waals surface area (Å²) < 4.78 is 7.83. The molecule has 27 heavy (non-hydrogen) atoms. The molecule has 1 unspecified atom stereocenters. The van der Waals surface area contributed by atoms with Gasteiger partial charge in [-0.1, -0.05) is 18.2 Å². The van der Waals surface area contributed by atoms with Crippen LogP contribution in [0.5, 0.6) is 0 Å². The molecular weight excluding hydrogens is 453 g/mol. The lowest BCUT2D eigenvalue weighted by atomic mass is 10.0. The second-order valence-electron chi connectivity index (χ2n) is 7.15. The van der Waals surface area contributed by atoms with E-state index in [1.165, 1.54) is 5.56 Å². The number of rotatable bonds is 5. The molecule has 2 aromatic rings. The van der Waals surface area contributed by atoms with E-state index < -0.39 is 0 Å². The molecular formula is C20H30IN5O. The number of hydrogen-bond donors (Lipinski definition) is 2. The Hall–Kier alpha value is -1.61. The predicted molar refractivity (Wildman–Crippen MR) is 120 cm³/mol. The summed E-state index contributed by atoms with van der Waals surface area (Å²) in [7, 11) is 1.79. The molecule has 0 radical (unpaired) electrons. The summed E-state index contributed by atoms with van der Waals surface area (Å²) >= 11 is 0. The molecule has 1 aromatic heterocycles. The first-order chi connectivity index (χ1) is 12.5. The van der Waals surface area contributed by atoms with Crippen molar-refractivity contribution in [1.29, 1.82) is 0 Å². The summed E-state index contributed by atoms with van der Waals surface area (Å²) in [4.78, 5) is 4.34. The van der Waals surface area contributed by atoms with Gasteiger partial charge < -0.3 is 15.4 Å². The topological polar surface area (TPSA) is 63.5 Å². The zero-order valence-corrected chi connectivity index (χ0v) is 18.9. The molecule has 1 atom stereocenters. The standard InChI is InChI=1S/C20H29N5O.HI/c1-15-12-16(2)25(24-15)18-9-6-5-8-17(18)13-22-19(21-4)23-14-20(3)10-7-11-26-20;/h5-6,8-9,12H,7,10-11,13-14H2,1-4H3,(H2,21,22,23);1H. The van der Waals surface area contributed by atoms with E-state index in [9.17, 15) is 0 Å². The van der Waals surface area contributed by atoms with Crippen molar-refractivity contribution in [3.63, 3.8) is 0 Å². The van der Waals surface area contributed by atoms with Crippen LogP contribution in [0.3, 0.4) is 0 Å². The summed E-state index contributed by atoms with van der Waals surface area (Å²) in [5.74, 6) is 0.782. The summed E-state index contributed by atoms with van der Waals surface area (Å²) in [5.41, 5.74) is 4.31. The first kappa shape index (κ1) is 21.7. The molecule has 3 rings (SSSR count). The first-order valence-corrected chi connectivity index (χ1v) is 9.21. The van der Waals surface area contributed by atoms with Gasteiger partial charge in [0.15, 0.2) is 5.96 Å². The third kappa shape index (κ3) is 5.44. The third-order valence-corrected chi connectivity index (χ3v) is 4.83. The number of hydrogen-bond acceptors (Lipinski definition) is 3. The van der Waals surface area contributed by atoms with Gasteiger partial charge in [0, 0.05) is 32.4 Å². The van der Waals surface area contributed by atoms with Crippen LogP contribution in [0.2, 0.25) is 0 Å². The lowest BCUT2D eigenvalue weighted by molar-refractivity contribution is 0.0243. The van der Waals surface area contributed by atoms with E-state index in [0.717, 1.165) is 49.0 Å². The van der Waals surface area contributed by atoms with Gasteiger partial charge in [-0.2, -0.15) is 5.10 Å². The Kier molecular flexibility index (Phi) is 7.67. The molecule has 0 aliphatic carbocycles. The number of aryl methyl sites for hydroxylation is 2. The van der Waals surface area contributed by atoms with Crippen molar-refractivity contribution in [3.05, 3.63) is 47.3 Å². The molecule has 6 nitrogen and oxygen atoms in total. The normalized spacial score (nSPS) is 19.6. The van der Waals surface area contributed by atoms with Crippen LogP contribution in [0.4, 0.5) is 0 Å². The highest BCUT2D eigenvalue weighted by Crippen LogP contribution is 2.23. The van der Waals surface area contributed by atoms with Crippen molar-refractivity contribution < 1.29 is 4.74 Å². The quantitative estimate of drug-likeness (QED) is 0.389. The zero-order valence-electron chi connectivity index (χ0n) is 16.6. The molecule has 1 aliphatic rings. The number of ether oxygens (including phenoxy) is 1. The predicted octanol–water partition coefficient (Wildman–Crippen LogP) is 3.34. The minimum absolute atomic E-state index is 0. The zero-order chi connectivity index (χ0) is 18.6. The van der Waals surface area contributed by atoms with Crippen molar-refractivity contribution in [3.8, 4) is 5.69 Å². The number of para-hydroxylation sites is 1. The average Bonchev–Trinajstić information content (AvgIpc) is 3.21. The maximum absolute atomic E-state index is 5.83. The highest BCUT2D eigenvalue weighted by Gasteiger charge is 2.29. The van der Waals surface area contributed by atoms with E-state index in [1.807, 2.05) is 17.7 Å². The summed E-state index contributed by atoms with van der Waals surface area (Å²) in [6, 6.07) is 10.4. The smallest absolute Gasteiger partial charge is 0.191 e. The molecule has 1 aromatic carbocycles. The Morgan fingerprint density at radius 3 is 2.70 bits per heavy atom. The van der Waals surface area contributed by atoms with Gasteiger partial charge in [0.05, 0.1) is 17.0 Å². The number of guanidine groups is 1. The minimum atomic E-state index is -0.0980. The van der Waals surface area contributed by atoms with Gasteiger partial charge in [-0.25, -0.2) is 4.68 Å². The average molecular weight is 483 g/mol. The lowest BCUT2D eigenvalue weighted by Crippen LogP contribution is -2.45. The van der Waals surface area contributed by atoms with Crippen LogP contribution in [-0.2, 0) is 11.3 Å². The fourth-order valence-corrected chi connectivity index (χ4v) is 3.39. The van der Waals surface area contributed by atoms with Crippen molar-refractivity contribution in [2.75, 3.05) is 20.2 Å². The Bertz CT molecular complexity index is 780. The molecule has 0 amide bonds. The van der Waals surface area contributed by atoms with Gasteiger partial charge in [-0.3, -0.25) is 4.99 Å². The number of aromatic nitrogens is 2. The molecule has 0 saturated carbocycles. The fraction of sp³-hybridized carbons (Fsp3) is 0.500. The van der Waals surface area contributed by atoms with Crippen LogP contribution in [0.25, 0.3) is 5.69 Å². The molecule has 2 heterocycles. The number of nitrogens with one attached hydrogen (secondary N) is 2. The van der Waals surface area contributed by atoms with Gasteiger partial charge >= 0.3 is 0 Å². The number of halogens is 1. The third-order valence-electron chi connectivity index (χ3n) is 4.83. The fourth-order valence-electron chi connectivity index (χ4n) is 3.39. The van der Waals surface area contributed by atoms with Crippen LogP contribution in [0, 0.1) is 13.8 Å². The molecule has 1 saturated heterocycles. The Labute approximate surface area is 178 Å². The lowest BCUT2D eigenvalue weighted by Gasteiger charge is -2.24. The highest BCUT2D eigenvalue weighted by atomic mass is 127. The van der Waals surface area contributed by atoms with Crippen molar-refractivity contribution in [2.45, 2.75) is 45.8 Å². The molecule has 7 heteroatoms. The van der Waals surface area contributed by atoms with E-state index in [4.69, 9.17) is 4.74 Å². The second-order valence-corrected chi connectivity index (χ2v) is 7.15. The number of benzene rings is 1. The summed E-state index contributed by atoms with van der Waals surface area (Å²) in [6.07, 6.45) is 2.21. The molecule has 1 fully saturated rings. The van der Waals surface area contributed by atoms with Crippen LogP contribution < -0.4 is 10.6 Å². The highest BCUT2D eigenvalue weighted by molar-refractivity contribution is 14.0. The first-order valence-electron chi connectivity index (χ1n) is 9.21. The number of nitrogens with zero attached hydrogens (tertiary/aromatic N) is 3. The molecule has 0 bridgehead atoms. The molecule has 0 spiro atoms. The van der Waals surface area contributed by atoms with E-state index in [0.29, 0.717) is 6.54 Å². The molecule has 1 aliphatic heterocycles. The minimum Gasteiger partial charge on any atom is -0.373 e. The molecule has 148 valence electrons. The van der Waals surface area contributed by atoms with Gasteiger partial charge in [0.2, 0.25) is 0 Å². The van der Waals surface area contributed by atoms with Gasteiger partial charge in [-0.05, 0) is 51.3 Å². The Balaban J connectivity index is 0.00000261.